The summed E-state index contributed by atoms with van der Waals surface area (Å²) in [6.45, 7) is 7.76. The molecule has 122 valence electrons. The van der Waals surface area contributed by atoms with Gasteiger partial charge in [0.15, 0.2) is 0 Å². The smallest absolute Gasteiger partial charge is 0.339 e. The minimum Gasteiger partial charge on any atom is -0.507 e. The molecular formula is C19H18N2O3. The van der Waals surface area contributed by atoms with Gasteiger partial charge >= 0.3 is 5.97 Å². The molecule has 0 saturated carbocycles. The Hall–Kier alpha value is -2.95. The van der Waals surface area contributed by atoms with Crippen molar-refractivity contribution in [2.24, 2.45) is 0 Å². The largest absolute Gasteiger partial charge is 0.507 e. The van der Waals surface area contributed by atoms with Crippen LogP contribution in [0, 0.1) is 27.7 Å². The van der Waals surface area contributed by atoms with Gasteiger partial charge in [0.25, 0.3) is 0 Å². The lowest BCUT2D eigenvalue weighted by molar-refractivity contribution is 0.0693. The maximum Gasteiger partial charge on any atom is 0.339 e. The highest BCUT2D eigenvalue weighted by Gasteiger charge is 2.18. The summed E-state index contributed by atoms with van der Waals surface area (Å²) >= 11 is 0. The van der Waals surface area contributed by atoms with Crippen molar-refractivity contribution in [2.45, 2.75) is 27.7 Å². The van der Waals surface area contributed by atoms with E-state index in [0.29, 0.717) is 16.8 Å². The fraction of sp³-hybridized carbons (Fsp3) is 0.211. The summed E-state index contributed by atoms with van der Waals surface area (Å²) in [5, 5.41) is 19.1. The number of nitrogens with zero attached hydrogens (tertiary/aromatic N) is 2. The molecule has 0 aliphatic carbocycles. The number of rotatable bonds is 2. The van der Waals surface area contributed by atoms with Gasteiger partial charge in [-0.3, -0.25) is 4.98 Å². The molecule has 0 unspecified atom stereocenters. The Labute approximate surface area is 139 Å². The summed E-state index contributed by atoms with van der Waals surface area (Å²) in [6.07, 6.45) is 1.64. The summed E-state index contributed by atoms with van der Waals surface area (Å²) in [5.74, 6) is -1.41. The SMILES string of the molecule is Cc1cc2ncc(-c3ccc(O)c(C(=O)O)c3C)nc2c(C)c1C. The molecule has 24 heavy (non-hydrogen) atoms. The third-order valence-electron chi connectivity index (χ3n) is 4.60. The molecule has 0 bridgehead atoms. The van der Waals surface area contributed by atoms with Crippen LogP contribution in [0.1, 0.15) is 32.6 Å². The number of fused-ring (bicyclic) bond motifs is 1. The number of aryl methyl sites for hydroxylation is 2. The van der Waals surface area contributed by atoms with Gasteiger partial charge in [-0.15, -0.1) is 0 Å². The van der Waals surface area contributed by atoms with Crippen LogP contribution in [0.3, 0.4) is 0 Å². The fourth-order valence-electron chi connectivity index (χ4n) is 2.94. The number of carboxylic acids is 1. The first-order valence-electron chi connectivity index (χ1n) is 7.61. The second-order valence-corrected chi connectivity index (χ2v) is 6.00. The Balaban J connectivity index is 2.28. The van der Waals surface area contributed by atoms with E-state index in [0.717, 1.165) is 22.2 Å². The summed E-state index contributed by atoms with van der Waals surface area (Å²) < 4.78 is 0. The maximum absolute atomic E-state index is 11.4. The van der Waals surface area contributed by atoms with Gasteiger partial charge in [0, 0.05) is 5.56 Å². The molecule has 5 heteroatoms. The lowest BCUT2D eigenvalue weighted by Crippen LogP contribution is -2.03. The zero-order valence-electron chi connectivity index (χ0n) is 14.0. The second-order valence-electron chi connectivity index (χ2n) is 6.00. The Morgan fingerprint density at radius 3 is 2.42 bits per heavy atom. The molecule has 0 radical (unpaired) electrons. The highest BCUT2D eigenvalue weighted by Crippen LogP contribution is 2.31. The van der Waals surface area contributed by atoms with Gasteiger partial charge in [-0.25, -0.2) is 9.78 Å². The number of carboxylic acid groups (broad SMARTS) is 1. The molecule has 0 saturated heterocycles. The molecule has 3 rings (SSSR count). The first-order valence-corrected chi connectivity index (χ1v) is 7.61. The molecular weight excluding hydrogens is 304 g/mol. The summed E-state index contributed by atoms with van der Waals surface area (Å²) in [5.41, 5.74) is 6.62. The zero-order chi connectivity index (χ0) is 17.6. The topological polar surface area (TPSA) is 83.3 Å². The van der Waals surface area contributed by atoms with Crippen LogP contribution in [0.15, 0.2) is 24.4 Å². The van der Waals surface area contributed by atoms with Crippen molar-refractivity contribution >= 4 is 17.0 Å². The minimum atomic E-state index is -1.16. The van der Waals surface area contributed by atoms with Crippen LogP contribution >= 0.6 is 0 Å². The lowest BCUT2D eigenvalue weighted by atomic mass is 9.98. The van der Waals surface area contributed by atoms with E-state index in [9.17, 15) is 15.0 Å². The molecule has 5 nitrogen and oxygen atoms in total. The average Bonchev–Trinajstić information content (AvgIpc) is 2.52. The second kappa shape index (κ2) is 5.60. The third kappa shape index (κ3) is 2.38. The first kappa shape index (κ1) is 15.9. The Morgan fingerprint density at radius 1 is 1.04 bits per heavy atom. The molecule has 0 aliphatic rings. The third-order valence-corrected chi connectivity index (χ3v) is 4.60. The van der Waals surface area contributed by atoms with Crippen LogP contribution in [0.4, 0.5) is 0 Å². The minimum absolute atomic E-state index is 0.105. The highest BCUT2D eigenvalue weighted by molar-refractivity contribution is 5.95. The Bertz CT molecular complexity index is 994. The van der Waals surface area contributed by atoms with E-state index in [1.165, 1.54) is 11.6 Å². The van der Waals surface area contributed by atoms with E-state index in [-0.39, 0.29) is 11.3 Å². The molecule has 3 aromatic rings. The van der Waals surface area contributed by atoms with E-state index in [2.05, 4.69) is 4.98 Å². The van der Waals surface area contributed by atoms with Crippen LogP contribution in [0.5, 0.6) is 5.75 Å². The predicted octanol–water partition coefficient (Wildman–Crippen LogP) is 3.93. The monoisotopic (exact) mass is 322 g/mol. The highest BCUT2D eigenvalue weighted by atomic mass is 16.4. The van der Waals surface area contributed by atoms with Crippen molar-refractivity contribution in [3.8, 4) is 17.0 Å². The number of hydrogen-bond donors (Lipinski definition) is 2. The van der Waals surface area contributed by atoms with Gasteiger partial charge in [-0.2, -0.15) is 0 Å². The van der Waals surface area contributed by atoms with E-state index >= 15 is 0 Å². The first-order chi connectivity index (χ1) is 11.3. The standard InChI is InChI=1S/C19H18N2O3/c1-9-7-14-18(11(3)10(9)2)21-15(8-20-14)13-5-6-16(22)17(12(13)4)19(23)24/h5-8,22H,1-4H3,(H,23,24). The Morgan fingerprint density at radius 2 is 1.75 bits per heavy atom. The molecule has 2 N–H and O–H groups in total. The van der Waals surface area contributed by atoms with Crippen LogP contribution in [-0.2, 0) is 0 Å². The van der Waals surface area contributed by atoms with Gasteiger partial charge in [-0.05, 0) is 68.1 Å². The van der Waals surface area contributed by atoms with Gasteiger partial charge in [0.05, 0.1) is 22.9 Å². The number of phenols is 1. The number of aromatic nitrogens is 2. The van der Waals surface area contributed by atoms with Gasteiger partial charge in [0.1, 0.15) is 11.3 Å². The molecule has 0 atom stereocenters. The quantitative estimate of drug-likeness (QED) is 0.747. The van der Waals surface area contributed by atoms with E-state index in [1.54, 1.807) is 19.2 Å². The van der Waals surface area contributed by atoms with Crippen molar-refractivity contribution < 1.29 is 15.0 Å². The van der Waals surface area contributed by atoms with Crippen LogP contribution in [-0.4, -0.2) is 26.2 Å². The van der Waals surface area contributed by atoms with Gasteiger partial charge in [-0.1, -0.05) is 0 Å². The van der Waals surface area contributed by atoms with E-state index in [4.69, 9.17) is 4.98 Å². The number of aromatic carboxylic acids is 1. The number of carbonyl (C=O) groups is 1. The number of benzene rings is 2. The van der Waals surface area contributed by atoms with Crippen molar-refractivity contribution in [3.05, 3.63) is 52.2 Å². The summed E-state index contributed by atoms with van der Waals surface area (Å²) in [4.78, 5) is 20.6. The predicted molar refractivity (Wildman–Crippen MR) is 92.5 cm³/mol. The lowest BCUT2D eigenvalue weighted by Gasteiger charge is -2.12. The van der Waals surface area contributed by atoms with Gasteiger partial charge in [0.2, 0.25) is 0 Å². The molecule has 1 heterocycles. The van der Waals surface area contributed by atoms with E-state index < -0.39 is 5.97 Å². The molecule has 2 aromatic carbocycles. The molecule has 0 aliphatic heterocycles. The van der Waals surface area contributed by atoms with Crippen molar-refractivity contribution in [3.63, 3.8) is 0 Å². The Kier molecular flexibility index (Phi) is 3.72. The van der Waals surface area contributed by atoms with Crippen molar-refractivity contribution in [2.75, 3.05) is 0 Å². The molecule has 1 aromatic heterocycles. The van der Waals surface area contributed by atoms with Crippen molar-refractivity contribution in [1.29, 1.82) is 0 Å². The molecule has 0 spiro atoms. The molecule has 0 amide bonds. The molecule has 0 fully saturated rings. The van der Waals surface area contributed by atoms with E-state index in [1.807, 2.05) is 26.8 Å². The normalized spacial score (nSPS) is 11.0. The fourth-order valence-corrected chi connectivity index (χ4v) is 2.94. The summed E-state index contributed by atoms with van der Waals surface area (Å²) in [6, 6.07) is 5.05. The van der Waals surface area contributed by atoms with Crippen molar-refractivity contribution in [1.82, 2.24) is 9.97 Å². The zero-order valence-corrected chi connectivity index (χ0v) is 14.0. The van der Waals surface area contributed by atoms with Gasteiger partial charge < -0.3 is 10.2 Å². The number of aromatic hydroxyl groups is 1. The van der Waals surface area contributed by atoms with Crippen LogP contribution in [0.2, 0.25) is 0 Å². The maximum atomic E-state index is 11.4. The van der Waals surface area contributed by atoms with Crippen LogP contribution < -0.4 is 0 Å². The number of hydrogen-bond acceptors (Lipinski definition) is 4. The summed E-state index contributed by atoms with van der Waals surface area (Å²) in [7, 11) is 0. The average molecular weight is 322 g/mol. The van der Waals surface area contributed by atoms with Crippen LogP contribution in [0.25, 0.3) is 22.3 Å².